The molecule has 3 N–H and O–H groups in total. The van der Waals surface area contributed by atoms with E-state index in [2.05, 4.69) is 0 Å². The zero-order valence-electron chi connectivity index (χ0n) is 8.50. The summed E-state index contributed by atoms with van der Waals surface area (Å²) in [5.74, 6) is -0.277. The predicted octanol–water partition coefficient (Wildman–Crippen LogP) is 1.90. The van der Waals surface area contributed by atoms with Crippen molar-refractivity contribution in [3.8, 4) is 0 Å². The lowest BCUT2D eigenvalue weighted by Gasteiger charge is -2.19. The molecule has 1 aromatic rings. The van der Waals surface area contributed by atoms with Gasteiger partial charge in [-0.3, -0.25) is 0 Å². The van der Waals surface area contributed by atoms with Crippen LogP contribution in [0, 0.1) is 12.7 Å². The van der Waals surface area contributed by atoms with Crippen molar-refractivity contribution in [2.45, 2.75) is 32.4 Å². The molecular weight excluding hydrogens is 181 g/mol. The molecule has 0 spiro atoms. The van der Waals surface area contributed by atoms with Crippen molar-refractivity contribution in [1.29, 1.82) is 0 Å². The van der Waals surface area contributed by atoms with Gasteiger partial charge in [0, 0.05) is 0 Å². The Labute approximate surface area is 83.6 Å². The Bertz CT molecular complexity index is 314. The highest BCUT2D eigenvalue weighted by Crippen LogP contribution is 2.21. The van der Waals surface area contributed by atoms with Gasteiger partial charge >= 0.3 is 0 Å². The minimum Gasteiger partial charge on any atom is -0.391 e. The van der Waals surface area contributed by atoms with Crippen LogP contribution in [0.3, 0.4) is 0 Å². The van der Waals surface area contributed by atoms with E-state index in [1.54, 1.807) is 19.1 Å². The van der Waals surface area contributed by atoms with Crippen molar-refractivity contribution in [2.75, 3.05) is 0 Å². The number of nitrogens with two attached hydrogens (primary N) is 1. The molecule has 3 heteroatoms. The van der Waals surface area contributed by atoms with Crippen LogP contribution in [0.25, 0.3) is 0 Å². The average molecular weight is 197 g/mol. The van der Waals surface area contributed by atoms with Gasteiger partial charge < -0.3 is 10.8 Å². The van der Waals surface area contributed by atoms with E-state index in [1.165, 1.54) is 6.07 Å². The summed E-state index contributed by atoms with van der Waals surface area (Å²) in [5.41, 5.74) is 7.00. The molecule has 0 bridgehead atoms. The van der Waals surface area contributed by atoms with Crippen LogP contribution in [0.1, 0.15) is 30.5 Å². The van der Waals surface area contributed by atoms with Gasteiger partial charge in [-0.15, -0.1) is 0 Å². The lowest BCUT2D eigenvalue weighted by atomic mass is 9.96. The molecule has 14 heavy (non-hydrogen) atoms. The summed E-state index contributed by atoms with van der Waals surface area (Å²) in [4.78, 5) is 0. The van der Waals surface area contributed by atoms with Crippen molar-refractivity contribution in [3.63, 3.8) is 0 Å². The van der Waals surface area contributed by atoms with Crippen LogP contribution >= 0.6 is 0 Å². The van der Waals surface area contributed by atoms with Gasteiger partial charge in [-0.25, -0.2) is 4.39 Å². The molecule has 0 aliphatic heterocycles. The second-order valence-corrected chi connectivity index (χ2v) is 3.46. The topological polar surface area (TPSA) is 46.2 Å². The third-order valence-corrected chi connectivity index (χ3v) is 2.50. The third-order valence-electron chi connectivity index (χ3n) is 2.50. The number of aliphatic hydroxyl groups is 1. The summed E-state index contributed by atoms with van der Waals surface area (Å²) < 4.78 is 13.2. The quantitative estimate of drug-likeness (QED) is 0.777. The fraction of sp³-hybridized carbons (Fsp3) is 0.455. The highest BCUT2D eigenvalue weighted by molar-refractivity contribution is 5.30. The van der Waals surface area contributed by atoms with E-state index in [4.69, 9.17) is 5.73 Å². The van der Waals surface area contributed by atoms with Crippen LogP contribution in [-0.2, 0) is 0 Å². The molecule has 1 aromatic carbocycles. The molecule has 0 unspecified atom stereocenters. The van der Waals surface area contributed by atoms with Crippen LogP contribution in [0.2, 0.25) is 0 Å². The van der Waals surface area contributed by atoms with E-state index in [-0.39, 0.29) is 5.82 Å². The Morgan fingerprint density at radius 3 is 2.71 bits per heavy atom. The largest absolute Gasteiger partial charge is 0.391 e. The van der Waals surface area contributed by atoms with Gasteiger partial charge in [-0.2, -0.15) is 0 Å². The van der Waals surface area contributed by atoms with E-state index in [0.717, 1.165) is 0 Å². The number of rotatable bonds is 3. The molecule has 0 radical (unpaired) electrons. The number of hydrogen-bond acceptors (Lipinski definition) is 2. The molecule has 0 aliphatic carbocycles. The zero-order valence-corrected chi connectivity index (χ0v) is 8.50. The van der Waals surface area contributed by atoms with E-state index < -0.39 is 12.1 Å². The Kier molecular flexibility index (Phi) is 3.61. The smallest absolute Gasteiger partial charge is 0.126 e. The molecular formula is C11H16FNO. The number of hydrogen-bond donors (Lipinski definition) is 2. The fourth-order valence-corrected chi connectivity index (χ4v) is 1.45. The van der Waals surface area contributed by atoms with Crippen LogP contribution in [0.15, 0.2) is 18.2 Å². The van der Waals surface area contributed by atoms with Crippen molar-refractivity contribution < 1.29 is 9.50 Å². The summed E-state index contributed by atoms with van der Waals surface area (Å²) in [7, 11) is 0. The number of aliphatic hydroxyl groups excluding tert-OH is 1. The summed E-state index contributed by atoms with van der Waals surface area (Å²) in [6.45, 7) is 3.52. The first-order chi connectivity index (χ1) is 6.57. The highest BCUT2D eigenvalue weighted by atomic mass is 19.1. The van der Waals surface area contributed by atoms with Crippen molar-refractivity contribution >= 4 is 0 Å². The molecule has 0 aromatic heterocycles. The van der Waals surface area contributed by atoms with Gasteiger partial charge in [0.05, 0.1) is 12.1 Å². The van der Waals surface area contributed by atoms with Gasteiger partial charge in [0.15, 0.2) is 0 Å². The van der Waals surface area contributed by atoms with Gasteiger partial charge in [-0.05, 0) is 30.5 Å². The first kappa shape index (κ1) is 11.1. The highest BCUT2D eigenvalue weighted by Gasteiger charge is 2.17. The first-order valence-corrected chi connectivity index (χ1v) is 4.76. The Hall–Kier alpha value is -0.930. The molecule has 0 heterocycles. The van der Waals surface area contributed by atoms with Crippen LogP contribution in [0.4, 0.5) is 4.39 Å². The van der Waals surface area contributed by atoms with Gasteiger partial charge in [-0.1, -0.05) is 19.1 Å². The average Bonchev–Trinajstić information content (AvgIpc) is 2.20. The second kappa shape index (κ2) is 4.53. The van der Waals surface area contributed by atoms with Crippen LogP contribution in [0.5, 0.6) is 0 Å². The SMILES string of the molecule is CC[C@@H](O)[C@@H](N)c1cccc(F)c1C. The molecule has 2 atom stereocenters. The molecule has 0 fully saturated rings. The van der Waals surface area contributed by atoms with E-state index >= 15 is 0 Å². The lowest BCUT2D eigenvalue weighted by molar-refractivity contribution is 0.140. The lowest BCUT2D eigenvalue weighted by Crippen LogP contribution is -2.26. The van der Waals surface area contributed by atoms with Gasteiger partial charge in [0.2, 0.25) is 0 Å². The van der Waals surface area contributed by atoms with E-state index in [0.29, 0.717) is 17.5 Å². The normalized spacial score (nSPS) is 15.2. The fourth-order valence-electron chi connectivity index (χ4n) is 1.45. The van der Waals surface area contributed by atoms with Gasteiger partial charge in [0.25, 0.3) is 0 Å². The van der Waals surface area contributed by atoms with Gasteiger partial charge in [0.1, 0.15) is 5.82 Å². The summed E-state index contributed by atoms with van der Waals surface area (Å²) in [5, 5.41) is 9.55. The molecule has 0 saturated carbocycles. The van der Waals surface area contributed by atoms with Crippen LogP contribution in [-0.4, -0.2) is 11.2 Å². The van der Waals surface area contributed by atoms with E-state index in [9.17, 15) is 9.50 Å². The molecule has 78 valence electrons. The maximum atomic E-state index is 13.2. The Morgan fingerprint density at radius 1 is 1.50 bits per heavy atom. The third kappa shape index (κ3) is 2.11. The minimum atomic E-state index is -0.615. The number of benzene rings is 1. The standard InChI is InChI=1S/C11H16FNO/c1-3-10(14)11(13)8-5-4-6-9(12)7(8)2/h4-6,10-11,14H,3,13H2,1-2H3/t10-,11+/m1/s1. The predicted molar refractivity (Wildman–Crippen MR) is 54.4 cm³/mol. The number of halogens is 1. The van der Waals surface area contributed by atoms with Crippen LogP contribution < -0.4 is 5.73 Å². The maximum Gasteiger partial charge on any atom is 0.126 e. The second-order valence-electron chi connectivity index (χ2n) is 3.46. The first-order valence-electron chi connectivity index (χ1n) is 4.76. The van der Waals surface area contributed by atoms with E-state index in [1.807, 2.05) is 6.92 Å². The van der Waals surface area contributed by atoms with Crippen molar-refractivity contribution in [3.05, 3.63) is 35.1 Å². The Balaban J connectivity index is 3.01. The van der Waals surface area contributed by atoms with Crippen molar-refractivity contribution in [2.24, 2.45) is 5.73 Å². The maximum absolute atomic E-state index is 13.2. The zero-order chi connectivity index (χ0) is 10.7. The molecule has 0 aliphatic rings. The van der Waals surface area contributed by atoms with Crippen molar-refractivity contribution in [1.82, 2.24) is 0 Å². The molecule has 0 saturated heterocycles. The molecule has 2 nitrogen and oxygen atoms in total. The molecule has 1 rings (SSSR count). The Morgan fingerprint density at radius 2 is 2.14 bits per heavy atom. The summed E-state index contributed by atoms with van der Waals surface area (Å²) in [6.07, 6.45) is -0.0487. The monoisotopic (exact) mass is 197 g/mol. The molecule has 0 amide bonds. The summed E-state index contributed by atoms with van der Waals surface area (Å²) >= 11 is 0. The minimum absolute atomic E-state index is 0.277. The summed E-state index contributed by atoms with van der Waals surface area (Å²) in [6, 6.07) is 4.25.